The summed E-state index contributed by atoms with van der Waals surface area (Å²) in [6.07, 6.45) is -0.0444. The van der Waals surface area contributed by atoms with Gasteiger partial charge in [0.25, 0.3) is 0 Å². The zero-order valence-corrected chi connectivity index (χ0v) is 6.70. The lowest BCUT2D eigenvalue weighted by Gasteiger charge is -2.11. The van der Waals surface area contributed by atoms with Gasteiger partial charge in [0.05, 0.1) is 0 Å². The van der Waals surface area contributed by atoms with Crippen molar-refractivity contribution in [3.8, 4) is 0 Å². The van der Waals surface area contributed by atoms with Crippen LogP contribution in [-0.2, 0) is 0 Å². The summed E-state index contributed by atoms with van der Waals surface area (Å²) >= 11 is 3.37. The average molecular weight is 182 g/mol. The van der Waals surface area contributed by atoms with Crippen molar-refractivity contribution >= 4 is 12.6 Å². The van der Waals surface area contributed by atoms with Gasteiger partial charge in [0.1, 0.15) is 5.25 Å². The van der Waals surface area contributed by atoms with E-state index in [2.05, 4.69) is 19.2 Å². The van der Waals surface area contributed by atoms with Crippen molar-refractivity contribution in [3.63, 3.8) is 0 Å². The fraction of sp³-hybridized carbons (Fsp3) is 0.429. The molecule has 0 aliphatic carbocycles. The molecule has 0 aromatic carbocycles. The summed E-state index contributed by atoms with van der Waals surface area (Å²) in [7, 11) is 0. The topological polar surface area (TPSA) is 0 Å². The molecule has 0 fully saturated rings. The predicted octanol–water partition coefficient (Wildman–Crippen LogP) is 2.98. The van der Waals surface area contributed by atoms with Crippen LogP contribution in [0.4, 0.5) is 13.2 Å². The van der Waals surface area contributed by atoms with Gasteiger partial charge in [0.15, 0.2) is 0 Å². The first-order valence-corrected chi connectivity index (χ1v) is 3.52. The van der Waals surface area contributed by atoms with Gasteiger partial charge in [0.2, 0.25) is 0 Å². The summed E-state index contributed by atoms with van der Waals surface area (Å²) in [6.45, 7) is 3.33. The molecule has 0 saturated heterocycles. The fourth-order valence-electron chi connectivity index (χ4n) is 0.437. The van der Waals surface area contributed by atoms with Crippen LogP contribution in [0.15, 0.2) is 24.8 Å². The van der Waals surface area contributed by atoms with Crippen molar-refractivity contribution < 1.29 is 13.2 Å². The standard InChI is InChI=1S/C7H9F3S/c1-2-3-4-5-6(11)7(8,9)10/h2-4,6,11H,1,5H2/b4-3-. The Balaban J connectivity index is 3.78. The monoisotopic (exact) mass is 182 g/mol. The minimum Gasteiger partial charge on any atom is -0.170 e. The van der Waals surface area contributed by atoms with E-state index in [1.54, 1.807) is 0 Å². The van der Waals surface area contributed by atoms with Crippen LogP contribution < -0.4 is 0 Å². The van der Waals surface area contributed by atoms with Gasteiger partial charge in [-0.2, -0.15) is 25.8 Å². The van der Waals surface area contributed by atoms with Crippen LogP contribution in [0.2, 0.25) is 0 Å². The molecule has 0 spiro atoms. The minimum absolute atomic E-state index is 0.112. The van der Waals surface area contributed by atoms with Crippen molar-refractivity contribution in [3.05, 3.63) is 24.8 Å². The smallest absolute Gasteiger partial charge is 0.170 e. The lowest BCUT2D eigenvalue weighted by molar-refractivity contribution is -0.127. The third-order valence-electron chi connectivity index (χ3n) is 1.01. The summed E-state index contributed by atoms with van der Waals surface area (Å²) in [4.78, 5) is 0. The second-order valence-corrected chi connectivity index (χ2v) is 2.58. The summed E-state index contributed by atoms with van der Waals surface area (Å²) in [5.41, 5.74) is 0. The third-order valence-corrected chi connectivity index (χ3v) is 1.51. The second-order valence-electron chi connectivity index (χ2n) is 1.96. The average Bonchev–Trinajstić information content (AvgIpc) is 1.86. The molecule has 0 radical (unpaired) electrons. The van der Waals surface area contributed by atoms with E-state index in [0.717, 1.165) is 0 Å². The molecule has 0 saturated carbocycles. The summed E-state index contributed by atoms with van der Waals surface area (Å²) in [5.74, 6) is 0. The molecule has 1 unspecified atom stereocenters. The van der Waals surface area contributed by atoms with E-state index < -0.39 is 11.4 Å². The van der Waals surface area contributed by atoms with Crippen molar-refractivity contribution in [2.24, 2.45) is 0 Å². The fourth-order valence-corrected chi connectivity index (χ4v) is 0.559. The number of thiol groups is 1. The molecule has 4 heteroatoms. The molecule has 0 bridgehead atoms. The van der Waals surface area contributed by atoms with Crippen LogP contribution >= 0.6 is 12.6 Å². The van der Waals surface area contributed by atoms with E-state index >= 15 is 0 Å². The summed E-state index contributed by atoms with van der Waals surface area (Å²) < 4.78 is 35.2. The molecule has 1 atom stereocenters. The highest BCUT2D eigenvalue weighted by Gasteiger charge is 2.35. The third kappa shape index (κ3) is 4.95. The van der Waals surface area contributed by atoms with E-state index in [9.17, 15) is 13.2 Å². The van der Waals surface area contributed by atoms with E-state index in [1.807, 2.05) is 0 Å². The quantitative estimate of drug-likeness (QED) is 0.503. The Bertz CT molecular complexity index is 148. The van der Waals surface area contributed by atoms with Crippen molar-refractivity contribution in [2.45, 2.75) is 17.8 Å². The van der Waals surface area contributed by atoms with Gasteiger partial charge in [-0.1, -0.05) is 24.8 Å². The molecule has 0 aliphatic rings. The molecular formula is C7H9F3S. The summed E-state index contributed by atoms with van der Waals surface area (Å²) in [5, 5.41) is -1.57. The number of halogens is 3. The SMILES string of the molecule is C=C/C=C\CC(S)C(F)(F)F. The Hall–Kier alpha value is -0.380. The van der Waals surface area contributed by atoms with Crippen molar-refractivity contribution in [1.29, 1.82) is 0 Å². The Kier molecular flexibility index (Phi) is 4.33. The van der Waals surface area contributed by atoms with E-state index in [0.29, 0.717) is 0 Å². The van der Waals surface area contributed by atoms with Crippen LogP contribution in [-0.4, -0.2) is 11.4 Å². The molecule has 0 heterocycles. The Morgan fingerprint density at radius 2 is 2.00 bits per heavy atom. The number of hydrogen-bond acceptors (Lipinski definition) is 1. The first-order chi connectivity index (χ1) is 4.98. The van der Waals surface area contributed by atoms with Crippen molar-refractivity contribution in [2.75, 3.05) is 0 Å². The Labute approximate surface area is 69.2 Å². The molecule has 64 valence electrons. The molecule has 0 aromatic heterocycles. The van der Waals surface area contributed by atoms with Gasteiger partial charge in [0, 0.05) is 0 Å². The molecule has 0 aliphatic heterocycles. The van der Waals surface area contributed by atoms with Gasteiger partial charge in [-0.05, 0) is 6.42 Å². The molecule has 0 N–H and O–H groups in total. The Morgan fingerprint density at radius 1 is 1.45 bits per heavy atom. The van der Waals surface area contributed by atoms with Crippen LogP contribution in [0, 0.1) is 0 Å². The predicted molar refractivity (Wildman–Crippen MR) is 42.8 cm³/mol. The largest absolute Gasteiger partial charge is 0.400 e. The van der Waals surface area contributed by atoms with Gasteiger partial charge in [-0.25, -0.2) is 0 Å². The van der Waals surface area contributed by atoms with E-state index in [-0.39, 0.29) is 6.42 Å². The minimum atomic E-state index is -4.21. The normalized spacial score (nSPS) is 15.3. The summed E-state index contributed by atoms with van der Waals surface area (Å²) in [6, 6.07) is 0. The highest BCUT2D eigenvalue weighted by Crippen LogP contribution is 2.26. The Morgan fingerprint density at radius 3 is 2.36 bits per heavy atom. The maximum atomic E-state index is 11.7. The molecular weight excluding hydrogens is 173 g/mol. The number of hydrogen-bond donors (Lipinski definition) is 1. The number of alkyl halides is 3. The lowest BCUT2D eigenvalue weighted by atomic mass is 10.3. The highest BCUT2D eigenvalue weighted by atomic mass is 32.1. The molecule has 0 nitrogen and oxygen atoms in total. The van der Waals surface area contributed by atoms with Crippen LogP contribution in [0.25, 0.3) is 0 Å². The van der Waals surface area contributed by atoms with Crippen LogP contribution in [0.1, 0.15) is 6.42 Å². The molecule has 11 heavy (non-hydrogen) atoms. The second kappa shape index (κ2) is 4.49. The first kappa shape index (κ1) is 10.6. The van der Waals surface area contributed by atoms with Gasteiger partial charge in [-0.15, -0.1) is 0 Å². The zero-order valence-electron chi connectivity index (χ0n) is 5.80. The van der Waals surface area contributed by atoms with E-state index in [1.165, 1.54) is 18.2 Å². The molecule has 0 amide bonds. The highest BCUT2D eigenvalue weighted by molar-refractivity contribution is 7.81. The number of allylic oxidation sites excluding steroid dienone is 3. The number of rotatable bonds is 3. The van der Waals surface area contributed by atoms with Crippen LogP contribution in [0.3, 0.4) is 0 Å². The zero-order chi connectivity index (χ0) is 8.91. The maximum Gasteiger partial charge on any atom is 0.400 e. The first-order valence-electron chi connectivity index (χ1n) is 3.01. The van der Waals surface area contributed by atoms with Crippen LogP contribution in [0.5, 0.6) is 0 Å². The van der Waals surface area contributed by atoms with Crippen molar-refractivity contribution in [1.82, 2.24) is 0 Å². The molecule has 0 aromatic rings. The molecule has 0 rings (SSSR count). The lowest BCUT2D eigenvalue weighted by Crippen LogP contribution is -2.22. The van der Waals surface area contributed by atoms with Gasteiger partial charge >= 0.3 is 6.18 Å². The van der Waals surface area contributed by atoms with E-state index in [4.69, 9.17) is 0 Å². The maximum absolute atomic E-state index is 11.7. The van der Waals surface area contributed by atoms with Gasteiger partial charge in [-0.3, -0.25) is 0 Å². The van der Waals surface area contributed by atoms with Gasteiger partial charge < -0.3 is 0 Å².